The molecule has 1 saturated heterocycles. The number of rotatable bonds is 4. The van der Waals surface area contributed by atoms with Gasteiger partial charge in [0.2, 0.25) is 11.8 Å². The molecule has 1 fully saturated rings. The summed E-state index contributed by atoms with van der Waals surface area (Å²) < 4.78 is 0. The zero-order valence-corrected chi connectivity index (χ0v) is 14.1. The molecule has 7 heteroatoms. The fourth-order valence-electron chi connectivity index (χ4n) is 2.80. The summed E-state index contributed by atoms with van der Waals surface area (Å²) in [6, 6.07) is 9.41. The van der Waals surface area contributed by atoms with Crippen LogP contribution in [0.3, 0.4) is 0 Å². The molecule has 24 heavy (non-hydrogen) atoms. The highest BCUT2D eigenvalue weighted by Gasteiger charge is 2.21. The van der Waals surface area contributed by atoms with Crippen molar-refractivity contribution in [3.05, 3.63) is 36.5 Å². The average Bonchev–Trinajstić information content (AvgIpc) is 2.61. The van der Waals surface area contributed by atoms with Gasteiger partial charge in [-0.25, -0.2) is 0 Å². The van der Waals surface area contributed by atoms with Crippen LogP contribution in [0.4, 0.5) is 5.69 Å². The van der Waals surface area contributed by atoms with Crippen LogP contribution in [0.25, 0.3) is 10.9 Å². The first-order valence-electron chi connectivity index (χ1n) is 7.86. The van der Waals surface area contributed by atoms with Crippen LogP contribution in [0.15, 0.2) is 36.5 Å². The second-order valence-electron chi connectivity index (χ2n) is 5.67. The molecule has 128 valence electrons. The first kappa shape index (κ1) is 18.2. The van der Waals surface area contributed by atoms with Crippen molar-refractivity contribution in [2.75, 3.05) is 25.0 Å². The summed E-state index contributed by atoms with van der Waals surface area (Å²) in [5.74, 6) is -0.286. The number of carbonyl (C=O) groups excluding carboxylic acids is 2. The Morgan fingerprint density at radius 2 is 1.92 bits per heavy atom. The number of fused-ring (bicyclic) bond motifs is 1. The standard InChI is InChI=1S/C17H20N4O2.ClH/c22-15(11-20-17(23)13-6-9-18-10-7-13)21-14-5-1-3-12-4-2-8-19-16(12)14;/h1-5,8,13,18H,6-7,9-11H2,(H,20,23)(H,21,22);1H. The third-order valence-corrected chi connectivity index (χ3v) is 4.04. The number of anilines is 1. The molecule has 3 N–H and O–H groups in total. The number of carbonyl (C=O) groups is 2. The molecule has 0 spiro atoms. The van der Waals surface area contributed by atoms with Crippen LogP contribution in [0, 0.1) is 5.92 Å². The number of hydrogen-bond donors (Lipinski definition) is 3. The predicted molar refractivity (Wildman–Crippen MR) is 96.2 cm³/mol. The number of amides is 2. The van der Waals surface area contributed by atoms with Crippen molar-refractivity contribution in [3.63, 3.8) is 0 Å². The van der Waals surface area contributed by atoms with Crippen LogP contribution in [-0.4, -0.2) is 36.4 Å². The normalized spacial score (nSPS) is 14.7. The van der Waals surface area contributed by atoms with E-state index in [2.05, 4.69) is 20.9 Å². The van der Waals surface area contributed by atoms with Gasteiger partial charge >= 0.3 is 0 Å². The van der Waals surface area contributed by atoms with Gasteiger partial charge in [0.1, 0.15) is 0 Å². The molecule has 1 aliphatic rings. The first-order valence-corrected chi connectivity index (χ1v) is 7.86. The van der Waals surface area contributed by atoms with Crippen LogP contribution < -0.4 is 16.0 Å². The minimum Gasteiger partial charge on any atom is -0.347 e. The van der Waals surface area contributed by atoms with E-state index in [9.17, 15) is 9.59 Å². The van der Waals surface area contributed by atoms with E-state index in [0.717, 1.165) is 36.8 Å². The molecule has 6 nitrogen and oxygen atoms in total. The predicted octanol–water partition coefficient (Wildman–Crippen LogP) is 1.71. The molecular formula is C17H21ClN4O2. The number of piperidine rings is 1. The van der Waals surface area contributed by atoms with Crippen LogP contribution in [-0.2, 0) is 9.59 Å². The smallest absolute Gasteiger partial charge is 0.243 e. The lowest BCUT2D eigenvalue weighted by molar-refractivity contribution is -0.127. The van der Waals surface area contributed by atoms with E-state index in [1.807, 2.05) is 30.3 Å². The van der Waals surface area contributed by atoms with Crippen molar-refractivity contribution >= 4 is 40.8 Å². The van der Waals surface area contributed by atoms with E-state index in [1.54, 1.807) is 6.20 Å². The number of aromatic nitrogens is 1. The van der Waals surface area contributed by atoms with Crippen molar-refractivity contribution in [2.24, 2.45) is 5.92 Å². The van der Waals surface area contributed by atoms with Gasteiger partial charge in [-0.2, -0.15) is 0 Å². The van der Waals surface area contributed by atoms with Crippen molar-refractivity contribution in [1.29, 1.82) is 0 Å². The fourth-order valence-corrected chi connectivity index (χ4v) is 2.80. The van der Waals surface area contributed by atoms with Gasteiger partial charge in [-0.3, -0.25) is 14.6 Å². The Hall–Kier alpha value is -2.18. The first-order chi connectivity index (χ1) is 11.2. The highest BCUT2D eigenvalue weighted by molar-refractivity contribution is 6.01. The largest absolute Gasteiger partial charge is 0.347 e. The molecule has 3 rings (SSSR count). The molecule has 0 saturated carbocycles. The summed E-state index contributed by atoms with van der Waals surface area (Å²) in [7, 11) is 0. The molecule has 1 aliphatic heterocycles. The van der Waals surface area contributed by atoms with Gasteiger partial charge in [0.25, 0.3) is 0 Å². The van der Waals surface area contributed by atoms with Gasteiger partial charge in [0.15, 0.2) is 0 Å². The van der Waals surface area contributed by atoms with Gasteiger partial charge in [-0.1, -0.05) is 18.2 Å². The molecule has 0 aliphatic carbocycles. The number of nitrogens with one attached hydrogen (secondary N) is 3. The molecular weight excluding hydrogens is 328 g/mol. The van der Waals surface area contributed by atoms with Crippen LogP contribution in [0.1, 0.15) is 12.8 Å². The summed E-state index contributed by atoms with van der Waals surface area (Å²) >= 11 is 0. The van der Waals surface area contributed by atoms with Crippen molar-refractivity contribution in [3.8, 4) is 0 Å². The molecule has 0 bridgehead atoms. The number of pyridine rings is 1. The van der Waals surface area contributed by atoms with Crippen molar-refractivity contribution in [2.45, 2.75) is 12.8 Å². The summed E-state index contributed by atoms with van der Waals surface area (Å²) in [6.07, 6.45) is 3.33. The van der Waals surface area contributed by atoms with E-state index in [4.69, 9.17) is 0 Å². The van der Waals surface area contributed by atoms with E-state index >= 15 is 0 Å². The Kier molecular flexibility index (Phi) is 6.52. The average molecular weight is 349 g/mol. The van der Waals surface area contributed by atoms with Crippen LogP contribution >= 0.6 is 12.4 Å². The second-order valence-corrected chi connectivity index (χ2v) is 5.67. The third-order valence-electron chi connectivity index (χ3n) is 4.04. The van der Waals surface area contributed by atoms with Crippen molar-refractivity contribution in [1.82, 2.24) is 15.6 Å². The molecule has 0 atom stereocenters. The zero-order chi connectivity index (χ0) is 16.1. The second kappa shape index (κ2) is 8.61. The summed E-state index contributed by atoms with van der Waals surface area (Å²) in [5.41, 5.74) is 1.40. The Morgan fingerprint density at radius 1 is 1.17 bits per heavy atom. The minimum atomic E-state index is -0.245. The molecule has 0 unspecified atom stereocenters. The summed E-state index contributed by atoms with van der Waals surface area (Å²) in [6.45, 7) is 1.68. The quantitative estimate of drug-likeness (QED) is 0.785. The summed E-state index contributed by atoms with van der Waals surface area (Å²) in [5, 5.41) is 9.72. The lowest BCUT2D eigenvalue weighted by Crippen LogP contribution is -2.41. The van der Waals surface area contributed by atoms with Crippen molar-refractivity contribution < 1.29 is 9.59 Å². The lowest BCUT2D eigenvalue weighted by atomic mass is 9.97. The topological polar surface area (TPSA) is 83.1 Å². The van der Waals surface area contributed by atoms with E-state index in [-0.39, 0.29) is 36.7 Å². The maximum Gasteiger partial charge on any atom is 0.243 e. The lowest BCUT2D eigenvalue weighted by Gasteiger charge is -2.21. The molecule has 2 aromatic rings. The highest BCUT2D eigenvalue weighted by atomic mass is 35.5. The monoisotopic (exact) mass is 348 g/mol. The summed E-state index contributed by atoms with van der Waals surface area (Å²) in [4.78, 5) is 28.4. The van der Waals surface area contributed by atoms with Crippen LogP contribution in [0.2, 0.25) is 0 Å². The van der Waals surface area contributed by atoms with Gasteiger partial charge in [0, 0.05) is 17.5 Å². The molecule has 2 amide bonds. The van der Waals surface area contributed by atoms with Gasteiger partial charge in [0.05, 0.1) is 17.7 Å². The SMILES string of the molecule is Cl.O=C(CNC(=O)C1CCNCC1)Nc1cccc2cccnc12. The number of halogens is 1. The Balaban J connectivity index is 0.00000208. The third kappa shape index (κ3) is 4.43. The van der Waals surface area contributed by atoms with Gasteiger partial charge < -0.3 is 16.0 Å². The molecule has 2 heterocycles. The zero-order valence-electron chi connectivity index (χ0n) is 13.2. The van der Waals surface area contributed by atoms with Gasteiger partial charge in [-0.05, 0) is 38.1 Å². The highest BCUT2D eigenvalue weighted by Crippen LogP contribution is 2.20. The Morgan fingerprint density at radius 3 is 2.71 bits per heavy atom. The number of nitrogens with zero attached hydrogens (tertiary/aromatic N) is 1. The number of hydrogen-bond acceptors (Lipinski definition) is 4. The maximum absolute atomic E-state index is 12.1. The number of para-hydroxylation sites is 1. The molecule has 0 radical (unpaired) electrons. The van der Waals surface area contributed by atoms with E-state index in [0.29, 0.717) is 5.69 Å². The van der Waals surface area contributed by atoms with Crippen LogP contribution in [0.5, 0.6) is 0 Å². The molecule has 1 aromatic heterocycles. The minimum absolute atomic E-state index is 0. The number of benzene rings is 1. The Bertz CT molecular complexity index is 711. The fraction of sp³-hybridized carbons (Fsp3) is 0.353. The molecule has 1 aromatic carbocycles. The van der Waals surface area contributed by atoms with E-state index < -0.39 is 0 Å². The van der Waals surface area contributed by atoms with Gasteiger partial charge in [-0.15, -0.1) is 12.4 Å². The van der Waals surface area contributed by atoms with E-state index in [1.165, 1.54) is 0 Å². The maximum atomic E-state index is 12.1. The Labute approximate surface area is 146 Å².